The van der Waals surface area contributed by atoms with Crippen LogP contribution in [0.1, 0.15) is 67.7 Å². The summed E-state index contributed by atoms with van der Waals surface area (Å²) in [6.07, 6.45) is 1.91. The first kappa shape index (κ1) is 32.8. The van der Waals surface area contributed by atoms with Crippen LogP contribution in [0.4, 0.5) is 0 Å². The standard InChI is InChI=1S/C25H42N4O6S2/c1-8-11-36-37-13-18-23(32)26-17(10-3)22(31)29-21(15(6)7)25(34)35-16(9-2)12-19(30)28-20(14(4)5)24(33)27-18/h10,14-16,18,20-21H,8-9,11-13H2,1-7H3,(H,26,32)(H,27,33)(H,28,30)(H,29,31)/b17-10+/t16-,18?,20-,21+/m1/s1. The summed E-state index contributed by atoms with van der Waals surface area (Å²) >= 11 is 0. The lowest BCUT2D eigenvalue weighted by molar-refractivity contribution is -0.155. The summed E-state index contributed by atoms with van der Waals surface area (Å²) in [6, 6.07) is -2.83. The molecule has 0 aromatic rings. The lowest BCUT2D eigenvalue weighted by Gasteiger charge is -2.28. The van der Waals surface area contributed by atoms with Crippen LogP contribution < -0.4 is 21.3 Å². The molecule has 1 unspecified atom stereocenters. The lowest BCUT2D eigenvalue weighted by Crippen LogP contribution is -2.57. The molecule has 37 heavy (non-hydrogen) atoms. The summed E-state index contributed by atoms with van der Waals surface area (Å²) in [7, 11) is 3.02. The molecule has 4 atom stereocenters. The van der Waals surface area contributed by atoms with Gasteiger partial charge in [-0.2, -0.15) is 0 Å². The van der Waals surface area contributed by atoms with Crippen molar-refractivity contribution < 1.29 is 28.7 Å². The second kappa shape index (κ2) is 16.6. The highest BCUT2D eigenvalue weighted by Crippen LogP contribution is 2.23. The zero-order chi connectivity index (χ0) is 28.1. The fraction of sp³-hybridized carbons (Fsp3) is 0.720. The molecule has 1 saturated heterocycles. The molecule has 1 fully saturated rings. The Morgan fingerprint density at radius 1 is 0.919 bits per heavy atom. The molecule has 0 saturated carbocycles. The van der Waals surface area contributed by atoms with Crippen LogP contribution in [0.5, 0.6) is 0 Å². The molecule has 12 heteroatoms. The molecule has 1 aliphatic rings. The van der Waals surface area contributed by atoms with Gasteiger partial charge in [0.25, 0.3) is 5.91 Å². The van der Waals surface area contributed by atoms with Crippen molar-refractivity contribution in [3.8, 4) is 0 Å². The molecule has 0 spiro atoms. The van der Waals surface area contributed by atoms with Gasteiger partial charge in [0.05, 0.1) is 6.42 Å². The summed E-state index contributed by atoms with van der Waals surface area (Å²) in [4.78, 5) is 65.1. The van der Waals surface area contributed by atoms with Gasteiger partial charge in [0.1, 0.15) is 29.9 Å². The van der Waals surface area contributed by atoms with Gasteiger partial charge in [-0.3, -0.25) is 19.2 Å². The molecular weight excluding hydrogens is 516 g/mol. The first-order valence-electron chi connectivity index (χ1n) is 12.8. The smallest absolute Gasteiger partial charge is 0.329 e. The van der Waals surface area contributed by atoms with Crippen LogP contribution in [0.3, 0.4) is 0 Å². The van der Waals surface area contributed by atoms with Gasteiger partial charge in [-0.15, -0.1) is 0 Å². The molecule has 10 nitrogen and oxygen atoms in total. The zero-order valence-electron chi connectivity index (χ0n) is 22.8. The molecule has 0 aromatic carbocycles. The van der Waals surface area contributed by atoms with Crippen molar-refractivity contribution in [2.75, 3.05) is 11.5 Å². The van der Waals surface area contributed by atoms with Gasteiger partial charge in [-0.1, -0.05) is 69.2 Å². The lowest BCUT2D eigenvalue weighted by atomic mass is 10.0. The van der Waals surface area contributed by atoms with Gasteiger partial charge in [-0.05, 0) is 31.6 Å². The summed E-state index contributed by atoms with van der Waals surface area (Å²) < 4.78 is 5.56. The fourth-order valence-corrected chi connectivity index (χ4v) is 5.68. The Kier molecular flexibility index (Phi) is 14.7. The van der Waals surface area contributed by atoms with E-state index in [9.17, 15) is 24.0 Å². The number of esters is 1. The average molecular weight is 559 g/mol. The molecule has 0 bridgehead atoms. The number of hydrogen-bond donors (Lipinski definition) is 4. The van der Waals surface area contributed by atoms with Crippen molar-refractivity contribution in [3.05, 3.63) is 11.8 Å². The Hall–Kier alpha value is -2.21. The minimum atomic E-state index is -0.982. The highest BCUT2D eigenvalue weighted by atomic mass is 33.1. The van der Waals surface area contributed by atoms with E-state index in [-0.39, 0.29) is 29.7 Å². The number of carbonyl (C=O) groups excluding carboxylic acids is 5. The third kappa shape index (κ3) is 11.0. The van der Waals surface area contributed by atoms with E-state index in [1.807, 2.05) is 6.92 Å². The minimum absolute atomic E-state index is 0.0400. The number of allylic oxidation sites excluding steroid dienone is 1. The number of ether oxygens (including phenoxy) is 1. The van der Waals surface area contributed by atoms with E-state index >= 15 is 0 Å². The third-order valence-corrected chi connectivity index (χ3v) is 8.27. The molecule has 4 N–H and O–H groups in total. The van der Waals surface area contributed by atoms with Gasteiger partial charge < -0.3 is 26.0 Å². The summed E-state index contributed by atoms with van der Waals surface area (Å²) in [5, 5.41) is 10.7. The van der Waals surface area contributed by atoms with Crippen LogP contribution in [0.2, 0.25) is 0 Å². The second-order valence-corrected chi connectivity index (χ2v) is 12.1. The van der Waals surface area contributed by atoms with E-state index < -0.39 is 53.8 Å². The van der Waals surface area contributed by atoms with Crippen molar-refractivity contribution in [2.45, 2.75) is 92.0 Å². The van der Waals surface area contributed by atoms with Gasteiger partial charge in [0.2, 0.25) is 17.7 Å². The molecule has 4 amide bonds. The number of rotatable bonds is 8. The predicted octanol–water partition coefficient (Wildman–Crippen LogP) is 2.29. The fourth-order valence-electron chi connectivity index (χ4n) is 3.38. The maximum atomic E-state index is 13.2. The van der Waals surface area contributed by atoms with Gasteiger partial charge in [0, 0.05) is 11.5 Å². The number of cyclic esters (lactones) is 1. The summed E-state index contributed by atoms with van der Waals surface area (Å²) in [5.41, 5.74) is -0.0400. The Bertz CT molecular complexity index is 849. The van der Waals surface area contributed by atoms with Gasteiger partial charge >= 0.3 is 5.97 Å². The highest BCUT2D eigenvalue weighted by Gasteiger charge is 2.33. The van der Waals surface area contributed by atoms with E-state index in [2.05, 4.69) is 21.3 Å². The van der Waals surface area contributed by atoms with Crippen LogP contribution >= 0.6 is 21.6 Å². The number of amides is 4. The van der Waals surface area contributed by atoms with E-state index in [4.69, 9.17) is 4.74 Å². The van der Waals surface area contributed by atoms with Crippen LogP contribution in [0.15, 0.2) is 11.8 Å². The zero-order valence-corrected chi connectivity index (χ0v) is 24.5. The van der Waals surface area contributed by atoms with Crippen molar-refractivity contribution in [1.82, 2.24) is 21.3 Å². The van der Waals surface area contributed by atoms with Crippen molar-refractivity contribution in [2.24, 2.45) is 11.8 Å². The van der Waals surface area contributed by atoms with Crippen LogP contribution in [-0.2, 0) is 28.7 Å². The van der Waals surface area contributed by atoms with E-state index in [0.29, 0.717) is 6.42 Å². The van der Waals surface area contributed by atoms with Crippen LogP contribution in [0, 0.1) is 11.8 Å². The first-order valence-corrected chi connectivity index (χ1v) is 15.3. The Morgan fingerprint density at radius 2 is 1.57 bits per heavy atom. The average Bonchev–Trinajstić information content (AvgIpc) is 2.84. The minimum Gasteiger partial charge on any atom is -0.460 e. The topological polar surface area (TPSA) is 143 Å². The molecule has 0 radical (unpaired) electrons. The molecular formula is C25H42N4O6S2. The summed E-state index contributed by atoms with van der Waals surface area (Å²) in [6.45, 7) is 12.5. The predicted molar refractivity (Wildman–Crippen MR) is 147 cm³/mol. The number of nitrogens with one attached hydrogen (secondary N) is 4. The van der Waals surface area contributed by atoms with Gasteiger partial charge in [-0.25, -0.2) is 4.79 Å². The van der Waals surface area contributed by atoms with Gasteiger partial charge in [0.15, 0.2) is 0 Å². The molecule has 1 heterocycles. The molecule has 0 aliphatic carbocycles. The number of carbonyl (C=O) groups is 5. The Balaban J connectivity index is 3.37. The number of hydrogen-bond acceptors (Lipinski definition) is 8. The van der Waals surface area contributed by atoms with Crippen LogP contribution in [0.25, 0.3) is 0 Å². The third-order valence-electron chi connectivity index (χ3n) is 5.65. The second-order valence-electron chi connectivity index (χ2n) is 9.51. The van der Waals surface area contributed by atoms with Crippen LogP contribution in [-0.4, -0.2) is 65.3 Å². The SMILES string of the molecule is C/C=C1/NC(=O)C(CSSCCC)NC(=O)[C@@H](C(C)C)NC(=O)C[C@@H](CC)OC(=O)[C@H](C(C)C)NC1=O. The molecule has 0 aromatic heterocycles. The Labute approximate surface area is 228 Å². The molecule has 1 aliphatic heterocycles. The van der Waals surface area contributed by atoms with Crippen molar-refractivity contribution in [1.29, 1.82) is 0 Å². The highest BCUT2D eigenvalue weighted by molar-refractivity contribution is 8.76. The van der Waals surface area contributed by atoms with E-state index in [1.165, 1.54) is 16.9 Å². The van der Waals surface area contributed by atoms with Crippen molar-refractivity contribution >= 4 is 51.2 Å². The maximum Gasteiger partial charge on any atom is 0.329 e. The van der Waals surface area contributed by atoms with E-state index in [1.54, 1.807) is 52.3 Å². The molecule has 210 valence electrons. The summed E-state index contributed by atoms with van der Waals surface area (Å²) in [5.74, 6) is -2.27. The maximum absolute atomic E-state index is 13.2. The normalized spacial score (nSPS) is 26.0. The monoisotopic (exact) mass is 558 g/mol. The first-order chi connectivity index (χ1) is 17.4. The quantitative estimate of drug-likeness (QED) is 0.154. The largest absolute Gasteiger partial charge is 0.460 e. The van der Waals surface area contributed by atoms with Crippen molar-refractivity contribution in [3.63, 3.8) is 0 Å². The Morgan fingerprint density at radius 3 is 2.11 bits per heavy atom. The van der Waals surface area contributed by atoms with E-state index in [0.717, 1.165) is 12.2 Å². The molecule has 1 rings (SSSR count).